The van der Waals surface area contributed by atoms with E-state index in [1.54, 1.807) is 40.7 Å². The maximum absolute atomic E-state index is 12.4. The van der Waals surface area contributed by atoms with Crippen molar-refractivity contribution < 1.29 is 4.79 Å². The first-order valence-electron chi connectivity index (χ1n) is 7.22. The number of halogens is 1. The number of thioether (sulfide) groups is 1. The van der Waals surface area contributed by atoms with Gasteiger partial charge in [0.2, 0.25) is 0 Å². The Morgan fingerprint density at radius 1 is 1.21 bits per heavy atom. The van der Waals surface area contributed by atoms with Crippen molar-refractivity contribution in [3.8, 4) is 5.69 Å². The lowest BCUT2D eigenvalue weighted by atomic mass is 10.2. The largest absolute Gasteiger partial charge is 0.321 e. The normalized spacial score (nSPS) is 10.6. The molecule has 0 aliphatic rings. The van der Waals surface area contributed by atoms with Crippen LogP contribution in [0.3, 0.4) is 0 Å². The Morgan fingerprint density at radius 3 is 2.67 bits per heavy atom. The van der Waals surface area contributed by atoms with Gasteiger partial charge in [-0.2, -0.15) is 0 Å². The molecule has 7 heteroatoms. The van der Waals surface area contributed by atoms with Crippen LogP contribution in [0.1, 0.15) is 16.2 Å². The first-order valence-corrected chi connectivity index (χ1v) is 8.82. The molecule has 1 aromatic heterocycles. The summed E-state index contributed by atoms with van der Waals surface area (Å²) in [5, 5.41) is 11.6. The van der Waals surface area contributed by atoms with Crippen molar-refractivity contribution in [1.29, 1.82) is 0 Å². The molecule has 0 unspecified atom stereocenters. The van der Waals surface area contributed by atoms with Crippen molar-refractivity contribution in [2.24, 2.45) is 0 Å². The van der Waals surface area contributed by atoms with Gasteiger partial charge in [-0.05, 0) is 55.6 Å². The fourth-order valence-corrected chi connectivity index (χ4v) is 2.83. The van der Waals surface area contributed by atoms with Crippen LogP contribution in [-0.4, -0.2) is 27.2 Å². The van der Waals surface area contributed by atoms with Gasteiger partial charge in [-0.25, -0.2) is 4.68 Å². The summed E-state index contributed by atoms with van der Waals surface area (Å²) in [4.78, 5) is 13.5. The molecule has 0 spiro atoms. The minimum atomic E-state index is -0.304. The van der Waals surface area contributed by atoms with Crippen LogP contribution in [0.5, 0.6) is 0 Å². The van der Waals surface area contributed by atoms with Crippen LogP contribution in [-0.2, 0) is 0 Å². The van der Waals surface area contributed by atoms with Gasteiger partial charge in [-0.1, -0.05) is 22.9 Å². The summed E-state index contributed by atoms with van der Waals surface area (Å²) in [6.07, 6.45) is 2.01. The predicted molar refractivity (Wildman–Crippen MR) is 97.3 cm³/mol. The van der Waals surface area contributed by atoms with Crippen molar-refractivity contribution >= 4 is 35.0 Å². The third-order valence-corrected chi connectivity index (χ3v) is 4.49. The van der Waals surface area contributed by atoms with Gasteiger partial charge in [0.1, 0.15) is 0 Å². The topological polar surface area (TPSA) is 59.8 Å². The number of carbonyl (C=O) groups is 1. The summed E-state index contributed by atoms with van der Waals surface area (Å²) >= 11 is 7.49. The minimum Gasteiger partial charge on any atom is -0.321 e. The monoisotopic (exact) mass is 358 g/mol. The summed E-state index contributed by atoms with van der Waals surface area (Å²) in [5.41, 5.74) is 2.50. The van der Waals surface area contributed by atoms with Gasteiger partial charge in [0.05, 0.1) is 11.4 Å². The third kappa shape index (κ3) is 3.44. The smallest absolute Gasteiger partial charge is 0.278 e. The molecular formula is C17H15ClN4OS. The molecule has 0 aliphatic carbocycles. The Labute approximate surface area is 149 Å². The van der Waals surface area contributed by atoms with Crippen molar-refractivity contribution in [1.82, 2.24) is 15.0 Å². The second-order valence-corrected chi connectivity index (χ2v) is 6.41. The molecule has 2 aromatic carbocycles. The average molecular weight is 359 g/mol. The Hall–Kier alpha value is -2.31. The van der Waals surface area contributed by atoms with Crippen molar-refractivity contribution in [2.75, 3.05) is 11.6 Å². The molecule has 1 amide bonds. The minimum absolute atomic E-state index is 0.291. The van der Waals surface area contributed by atoms with E-state index in [4.69, 9.17) is 11.6 Å². The van der Waals surface area contributed by atoms with Crippen LogP contribution in [0.15, 0.2) is 53.4 Å². The molecule has 3 aromatic rings. The average Bonchev–Trinajstić information content (AvgIpc) is 2.98. The van der Waals surface area contributed by atoms with E-state index in [1.165, 1.54) is 0 Å². The maximum Gasteiger partial charge on any atom is 0.278 e. The first kappa shape index (κ1) is 16.5. The van der Waals surface area contributed by atoms with Crippen molar-refractivity contribution in [3.05, 3.63) is 64.9 Å². The van der Waals surface area contributed by atoms with Gasteiger partial charge >= 0.3 is 0 Å². The van der Waals surface area contributed by atoms with E-state index < -0.39 is 0 Å². The number of hydrogen-bond acceptors (Lipinski definition) is 4. The fourth-order valence-electron chi connectivity index (χ4n) is 2.25. The lowest BCUT2D eigenvalue weighted by Crippen LogP contribution is -2.14. The maximum atomic E-state index is 12.4. The number of amides is 1. The van der Waals surface area contributed by atoms with E-state index in [9.17, 15) is 4.79 Å². The van der Waals surface area contributed by atoms with Gasteiger partial charge in [0.15, 0.2) is 5.69 Å². The van der Waals surface area contributed by atoms with Crippen LogP contribution in [0.4, 0.5) is 5.69 Å². The lowest BCUT2D eigenvalue weighted by Gasteiger charge is -2.06. The molecule has 0 atom stereocenters. The number of benzene rings is 2. The Kier molecular flexibility index (Phi) is 4.87. The summed E-state index contributed by atoms with van der Waals surface area (Å²) in [6, 6.07) is 14.8. The van der Waals surface area contributed by atoms with Gasteiger partial charge in [0, 0.05) is 15.6 Å². The molecule has 5 nitrogen and oxygen atoms in total. The van der Waals surface area contributed by atoms with Crippen molar-refractivity contribution in [2.45, 2.75) is 11.8 Å². The zero-order chi connectivity index (χ0) is 17.1. The molecule has 0 radical (unpaired) electrons. The Balaban J connectivity index is 1.86. The highest BCUT2D eigenvalue weighted by atomic mass is 35.5. The zero-order valence-electron chi connectivity index (χ0n) is 13.2. The van der Waals surface area contributed by atoms with E-state index in [1.807, 2.05) is 37.4 Å². The van der Waals surface area contributed by atoms with Crippen LogP contribution < -0.4 is 5.32 Å². The molecule has 24 heavy (non-hydrogen) atoms. The fraction of sp³-hybridized carbons (Fsp3) is 0.118. The highest BCUT2D eigenvalue weighted by Crippen LogP contribution is 2.20. The van der Waals surface area contributed by atoms with Crippen LogP contribution >= 0.6 is 23.4 Å². The molecule has 0 aliphatic heterocycles. The molecule has 1 heterocycles. The van der Waals surface area contributed by atoms with Gasteiger partial charge in [-0.15, -0.1) is 16.9 Å². The Bertz CT molecular complexity index is 877. The highest BCUT2D eigenvalue weighted by Gasteiger charge is 2.17. The standard InChI is InChI=1S/C17H15ClN4OS/c1-11-16(17(23)19-13-8-6-12(18)7-9-13)20-21-22(11)14-4-3-5-15(10-14)24-2/h3-10H,1-2H3,(H,19,23). The number of hydrogen-bond donors (Lipinski definition) is 1. The SMILES string of the molecule is CSc1cccc(-n2nnc(C(=O)Nc3ccc(Cl)cc3)c2C)c1. The van der Waals surface area contributed by atoms with E-state index in [0.29, 0.717) is 22.1 Å². The van der Waals surface area contributed by atoms with E-state index in [-0.39, 0.29) is 5.91 Å². The van der Waals surface area contributed by atoms with Crippen LogP contribution in [0.25, 0.3) is 5.69 Å². The van der Waals surface area contributed by atoms with Gasteiger partial charge in [-0.3, -0.25) is 4.79 Å². The summed E-state index contributed by atoms with van der Waals surface area (Å²) in [6.45, 7) is 1.82. The number of aromatic nitrogens is 3. The zero-order valence-corrected chi connectivity index (χ0v) is 14.7. The number of rotatable bonds is 4. The number of carbonyl (C=O) groups excluding carboxylic acids is 1. The predicted octanol–water partition coefficient (Wildman–Crippen LogP) is 4.20. The summed E-state index contributed by atoms with van der Waals surface area (Å²) in [7, 11) is 0. The molecule has 122 valence electrons. The third-order valence-electron chi connectivity index (χ3n) is 3.51. The van der Waals surface area contributed by atoms with E-state index in [0.717, 1.165) is 10.6 Å². The van der Waals surface area contributed by atoms with Gasteiger partial charge < -0.3 is 5.32 Å². The highest BCUT2D eigenvalue weighted by molar-refractivity contribution is 7.98. The molecule has 3 rings (SSSR count). The molecular weight excluding hydrogens is 344 g/mol. The van der Waals surface area contributed by atoms with Gasteiger partial charge in [0.25, 0.3) is 5.91 Å². The molecule has 0 fully saturated rings. The second-order valence-electron chi connectivity index (χ2n) is 5.10. The number of nitrogens with zero attached hydrogens (tertiary/aromatic N) is 3. The quantitative estimate of drug-likeness (QED) is 0.710. The summed E-state index contributed by atoms with van der Waals surface area (Å²) in [5.74, 6) is -0.304. The molecule has 0 saturated heterocycles. The first-order chi connectivity index (χ1) is 11.6. The second kappa shape index (κ2) is 7.07. The molecule has 0 saturated carbocycles. The number of anilines is 1. The molecule has 1 N–H and O–H groups in total. The lowest BCUT2D eigenvalue weighted by molar-refractivity contribution is 0.102. The summed E-state index contributed by atoms with van der Waals surface area (Å²) < 4.78 is 1.66. The van der Waals surface area contributed by atoms with Crippen molar-refractivity contribution in [3.63, 3.8) is 0 Å². The van der Waals surface area contributed by atoms with Crippen LogP contribution in [0.2, 0.25) is 5.02 Å². The van der Waals surface area contributed by atoms with Crippen LogP contribution in [0, 0.1) is 6.92 Å². The molecule has 0 bridgehead atoms. The van der Waals surface area contributed by atoms with E-state index >= 15 is 0 Å². The number of nitrogens with one attached hydrogen (secondary N) is 1. The van der Waals surface area contributed by atoms with E-state index in [2.05, 4.69) is 15.6 Å². The Morgan fingerprint density at radius 2 is 1.96 bits per heavy atom.